The Morgan fingerprint density at radius 2 is 2.19 bits per heavy atom. The van der Waals surface area contributed by atoms with Gasteiger partial charge in [-0.25, -0.2) is 4.79 Å². The lowest BCUT2D eigenvalue weighted by atomic mass is 9.88. The molecule has 0 unspecified atom stereocenters. The average Bonchev–Trinajstić information content (AvgIpc) is 3.00. The fraction of sp³-hybridized carbons (Fsp3) is 0.375. The van der Waals surface area contributed by atoms with Gasteiger partial charge in [-0.3, -0.25) is 5.10 Å². The standard InChI is InChI=1S/C16H20N4O/c1-20(11-15-8-9-17-19-15)16(21)18-14-7-6-12-4-2-3-5-13(12)10-14/h2-5,8-9,14H,6-7,10-11H2,1H3,(H,17,19)(H,18,21)/t14-/m1/s1. The third-order valence-electron chi connectivity index (χ3n) is 3.99. The predicted octanol–water partition coefficient (Wildman–Crippen LogP) is 2.11. The van der Waals surface area contributed by atoms with Crippen molar-refractivity contribution in [3.05, 3.63) is 53.3 Å². The van der Waals surface area contributed by atoms with Crippen LogP contribution in [0.4, 0.5) is 4.79 Å². The number of amides is 2. The molecular weight excluding hydrogens is 264 g/mol. The number of rotatable bonds is 3. The van der Waals surface area contributed by atoms with E-state index in [0.29, 0.717) is 6.54 Å². The van der Waals surface area contributed by atoms with Gasteiger partial charge in [0.1, 0.15) is 0 Å². The fourth-order valence-corrected chi connectivity index (χ4v) is 2.81. The number of hydrogen-bond acceptors (Lipinski definition) is 2. The monoisotopic (exact) mass is 284 g/mol. The number of fused-ring (bicyclic) bond motifs is 1. The molecule has 0 fully saturated rings. The summed E-state index contributed by atoms with van der Waals surface area (Å²) in [7, 11) is 1.80. The van der Waals surface area contributed by atoms with E-state index < -0.39 is 0 Å². The van der Waals surface area contributed by atoms with Crippen molar-refractivity contribution >= 4 is 6.03 Å². The highest BCUT2D eigenvalue weighted by Gasteiger charge is 2.21. The van der Waals surface area contributed by atoms with Crippen LogP contribution in [0, 0.1) is 0 Å². The molecule has 1 aliphatic rings. The molecule has 1 aliphatic carbocycles. The quantitative estimate of drug-likeness (QED) is 0.907. The largest absolute Gasteiger partial charge is 0.335 e. The van der Waals surface area contributed by atoms with Gasteiger partial charge in [-0.15, -0.1) is 0 Å². The molecule has 1 heterocycles. The molecule has 3 rings (SSSR count). The number of aryl methyl sites for hydroxylation is 1. The van der Waals surface area contributed by atoms with E-state index in [-0.39, 0.29) is 12.1 Å². The zero-order chi connectivity index (χ0) is 14.7. The zero-order valence-corrected chi connectivity index (χ0v) is 12.2. The van der Waals surface area contributed by atoms with E-state index in [1.807, 2.05) is 6.07 Å². The number of urea groups is 1. The van der Waals surface area contributed by atoms with Gasteiger partial charge >= 0.3 is 6.03 Å². The van der Waals surface area contributed by atoms with Crippen LogP contribution in [0.25, 0.3) is 0 Å². The Kier molecular flexibility index (Phi) is 3.90. The molecular formula is C16H20N4O. The van der Waals surface area contributed by atoms with Crippen molar-refractivity contribution in [2.45, 2.75) is 31.8 Å². The second kappa shape index (κ2) is 5.99. The Hall–Kier alpha value is -2.30. The lowest BCUT2D eigenvalue weighted by molar-refractivity contribution is 0.200. The topological polar surface area (TPSA) is 61.0 Å². The van der Waals surface area contributed by atoms with Gasteiger partial charge in [-0.05, 0) is 36.5 Å². The second-order valence-electron chi connectivity index (χ2n) is 5.60. The van der Waals surface area contributed by atoms with Crippen molar-refractivity contribution < 1.29 is 4.79 Å². The number of carbonyl (C=O) groups excluding carboxylic acids is 1. The minimum atomic E-state index is -0.0334. The van der Waals surface area contributed by atoms with Crippen LogP contribution in [0.2, 0.25) is 0 Å². The highest BCUT2D eigenvalue weighted by atomic mass is 16.2. The first-order chi connectivity index (χ1) is 10.2. The second-order valence-corrected chi connectivity index (χ2v) is 5.60. The molecule has 0 aliphatic heterocycles. The smallest absolute Gasteiger partial charge is 0.317 e. The van der Waals surface area contributed by atoms with Gasteiger partial charge in [-0.1, -0.05) is 24.3 Å². The minimum absolute atomic E-state index is 0.0334. The van der Waals surface area contributed by atoms with Crippen molar-refractivity contribution in [3.63, 3.8) is 0 Å². The third-order valence-corrected chi connectivity index (χ3v) is 3.99. The summed E-state index contributed by atoms with van der Waals surface area (Å²) < 4.78 is 0. The van der Waals surface area contributed by atoms with E-state index >= 15 is 0 Å². The van der Waals surface area contributed by atoms with Crippen molar-refractivity contribution in [1.29, 1.82) is 0 Å². The molecule has 2 aromatic rings. The molecule has 0 saturated carbocycles. The molecule has 0 saturated heterocycles. The summed E-state index contributed by atoms with van der Waals surface area (Å²) >= 11 is 0. The first kappa shape index (κ1) is 13.7. The number of H-pyrrole nitrogens is 1. The van der Waals surface area contributed by atoms with E-state index in [1.54, 1.807) is 18.1 Å². The first-order valence-electron chi connectivity index (χ1n) is 7.29. The molecule has 0 bridgehead atoms. The summed E-state index contributed by atoms with van der Waals surface area (Å²) in [6.07, 6.45) is 4.64. The number of aromatic nitrogens is 2. The van der Waals surface area contributed by atoms with Gasteiger partial charge < -0.3 is 10.2 Å². The molecule has 2 N–H and O–H groups in total. The lowest BCUT2D eigenvalue weighted by Gasteiger charge is -2.27. The summed E-state index contributed by atoms with van der Waals surface area (Å²) in [6.45, 7) is 0.537. The van der Waals surface area contributed by atoms with Gasteiger partial charge in [0.05, 0.1) is 12.2 Å². The van der Waals surface area contributed by atoms with Crippen LogP contribution in [0.5, 0.6) is 0 Å². The zero-order valence-electron chi connectivity index (χ0n) is 12.2. The molecule has 1 aromatic heterocycles. The van der Waals surface area contributed by atoms with Gasteiger partial charge in [0.2, 0.25) is 0 Å². The number of benzene rings is 1. The van der Waals surface area contributed by atoms with Crippen molar-refractivity contribution in [2.24, 2.45) is 0 Å². The third kappa shape index (κ3) is 3.24. The molecule has 2 amide bonds. The maximum absolute atomic E-state index is 12.2. The summed E-state index contributed by atoms with van der Waals surface area (Å²) in [5.74, 6) is 0. The highest BCUT2D eigenvalue weighted by Crippen LogP contribution is 2.21. The molecule has 1 aromatic carbocycles. The normalized spacial score (nSPS) is 17.1. The number of hydrogen-bond donors (Lipinski definition) is 2. The maximum Gasteiger partial charge on any atom is 0.317 e. The minimum Gasteiger partial charge on any atom is -0.335 e. The number of aromatic amines is 1. The van der Waals surface area contributed by atoms with E-state index in [0.717, 1.165) is 25.0 Å². The molecule has 0 spiro atoms. The Balaban J connectivity index is 1.56. The molecule has 1 atom stereocenters. The van der Waals surface area contributed by atoms with E-state index in [1.165, 1.54) is 11.1 Å². The Morgan fingerprint density at radius 3 is 2.95 bits per heavy atom. The molecule has 0 radical (unpaired) electrons. The summed E-state index contributed by atoms with van der Waals surface area (Å²) in [5.41, 5.74) is 3.70. The Labute approximate surface area is 124 Å². The first-order valence-corrected chi connectivity index (χ1v) is 7.29. The Bertz CT molecular complexity index is 608. The van der Waals surface area contributed by atoms with Crippen LogP contribution < -0.4 is 5.32 Å². The van der Waals surface area contributed by atoms with Crippen molar-refractivity contribution in [1.82, 2.24) is 20.4 Å². The lowest BCUT2D eigenvalue weighted by Crippen LogP contribution is -2.45. The van der Waals surface area contributed by atoms with Crippen LogP contribution in [-0.2, 0) is 19.4 Å². The average molecular weight is 284 g/mol. The highest BCUT2D eigenvalue weighted by molar-refractivity contribution is 5.74. The van der Waals surface area contributed by atoms with Crippen molar-refractivity contribution in [2.75, 3.05) is 7.05 Å². The summed E-state index contributed by atoms with van der Waals surface area (Å²) in [5, 5.41) is 9.88. The predicted molar refractivity (Wildman–Crippen MR) is 80.8 cm³/mol. The number of nitrogens with zero attached hydrogens (tertiary/aromatic N) is 2. The maximum atomic E-state index is 12.2. The molecule has 5 nitrogen and oxygen atoms in total. The number of nitrogens with one attached hydrogen (secondary N) is 2. The van der Waals surface area contributed by atoms with Crippen LogP contribution in [0.15, 0.2) is 36.5 Å². The Morgan fingerprint density at radius 1 is 1.38 bits per heavy atom. The number of carbonyl (C=O) groups is 1. The van der Waals surface area contributed by atoms with Gasteiger partial charge in [0.25, 0.3) is 0 Å². The van der Waals surface area contributed by atoms with Crippen LogP contribution in [-0.4, -0.2) is 34.2 Å². The van der Waals surface area contributed by atoms with E-state index in [2.05, 4.69) is 39.8 Å². The van der Waals surface area contributed by atoms with E-state index in [9.17, 15) is 4.79 Å². The molecule has 5 heteroatoms. The summed E-state index contributed by atoms with van der Waals surface area (Å²) in [6, 6.07) is 10.5. The fourth-order valence-electron chi connectivity index (χ4n) is 2.81. The van der Waals surface area contributed by atoms with Crippen LogP contribution in [0.3, 0.4) is 0 Å². The van der Waals surface area contributed by atoms with Crippen molar-refractivity contribution in [3.8, 4) is 0 Å². The molecule has 110 valence electrons. The van der Waals surface area contributed by atoms with Gasteiger partial charge in [0, 0.05) is 19.3 Å². The van der Waals surface area contributed by atoms with Crippen LogP contribution in [0.1, 0.15) is 23.2 Å². The van der Waals surface area contributed by atoms with Gasteiger partial charge in [0.15, 0.2) is 0 Å². The summed E-state index contributed by atoms with van der Waals surface area (Å²) in [4.78, 5) is 13.9. The van der Waals surface area contributed by atoms with Crippen LogP contribution >= 0.6 is 0 Å². The van der Waals surface area contributed by atoms with Gasteiger partial charge in [-0.2, -0.15) is 5.10 Å². The van der Waals surface area contributed by atoms with E-state index in [4.69, 9.17) is 0 Å². The SMILES string of the molecule is CN(Cc1ccn[nH]1)C(=O)N[C@@H]1CCc2ccccc2C1. The molecule has 21 heavy (non-hydrogen) atoms.